The SMILES string of the molecule is Cc1c2ccc(Cl)cc2nc2ccc(OCCNC(=O)C(N)CCCN=C(N)N)cc12. The van der Waals surface area contributed by atoms with Gasteiger partial charge in [0.2, 0.25) is 5.91 Å². The lowest BCUT2D eigenvalue weighted by Crippen LogP contribution is -2.42. The standard InChI is InChI=1S/C22H27ClN6O2/c1-13-16-6-4-14(23)11-20(16)29-19-7-5-15(12-17(13)19)31-10-9-27-21(30)18(24)3-2-8-28-22(25)26/h4-7,11-12,18H,2-3,8-10,24H2,1H3,(H,27,30)(H4,25,26,28). The molecule has 0 saturated carbocycles. The second kappa shape index (κ2) is 10.3. The van der Waals surface area contributed by atoms with Crippen LogP contribution in [0.1, 0.15) is 18.4 Å². The van der Waals surface area contributed by atoms with E-state index in [4.69, 9.17) is 33.5 Å². The summed E-state index contributed by atoms with van der Waals surface area (Å²) in [6.45, 7) is 3.18. The van der Waals surface area contributed by atoms with E-state index in [1.807, 2.05) is 36.4 Å². The quantitative estimate of drug-likeness (QED) is 0.173. The summed E-state index contributed by atoms with van der Waals surface area (Å²) in [5, 5.41) is 5.51. The Labute approximate surface area is 185 Å². The highest BCUT2D eigenvalue weighted by Crippen LogP contribution is 2.29. The van der Waals surface area contributed by atoms with E-state index in [2.05, 4.69) is 22.2 Å². The molecule has 8 nitrogen and oxygen atoms in total. The zero-order valence-electron chi connectivity index (χ0n) is 17.4. The van der Waals surface area contributed by atoms with Crippen molar-refractivity contribution in [2.45, 2.75) is 25.8 Å². The first kappa shape index (κ1) is 22.6. The predicted molar refractivity (Wildman–Crippen MR) is 125 cm³/mol. The van der Waals surface area contributed by atoms with Gasteiger partial charge in [0.15, 0.2) is 5.96 Å². The molecule has 9 heteroatoms. The van der Waals surface area contributed by atoms with E-state index >= 15 is 0 Å². The molecule has 1 heterocycles. The van der Waals surface area contributed by atoms with Crippen LogP contribution in [0.4, 0.5) is 0 Å². The number of pyridine rings is 1. The van der Waals surface area contributed by atoms with Crippen LogP contribution >= 0.6 is 11.6 Å². The number of carbonyl (C=O) groups excluding carboxylic acids is 1. The molecule has 3 aromatic rings. The van der Waals surface area contributed by atoms with E-state index < -0.39 is 6.04 Å². The number of aromatic nitrogens is 1. The zero-order chi connectivity index (χ0) is 22.4. The van der Waals surface area contributed by atoms with Crippen molar-refractivity contribution in [1.29, 1.82) is 0 Å². The average molecular weight is 443 g/mol. The van der Waals surface area contributed by atoms with Crippen molar-refractivity contribution in [3.8, 4) is 5.75 Å². The van der Waals surface area contributed by atoms with Gasteiger partial charge in [0.25, 0.3) is 0 Å². The minimum atomic E-state index is -0.606. The van der Waals surface area contributed by atoms with E-state index in [-0.39, 0.29) is 11.9 Å². The number of aryl methyl sites for hydroxylation is 1. The number of amides is 1. The number of rotatable bonds is 9. The van der Waals surface area contributed by atoms with Crippen molar-refractivity contribution in [2.75, 3.05) is 19.7 Å². The highest BCUT2D eigenvalue weighted by molar-refractivity contribution is 6.31. The highest BCUT2D eigenvalue weighted by Gasteiger charge is 2.12. The van der Waals surface area contributed by atoms with Gasteiger partial charge in [-0.15, -0.1) is 0 Å². The molecule has 1 atom stereocenters. The third kappa shape index (κ3) is 5.96. The Morgan fingerprint density at radius 2 is 2.00 bits per heavy atom. The van der Waals surface area contributed by atoms with E-state index in [1.54, 1.807) is 0 Å². The van der Waals surface area contributed by atoms with Crippen LogP contribution < -0.4 is 27.3 Å². The van der Waals surface area contributed by atoms with Crippen LogP contribution in [0.3, 0.4) is 0 Å². The van der Waals surface area contributed by atoms with E-state index in [1.165, 1.54) is 0 Å². The number of nitrogens with one attached hydrogen (secondary N) is 1. The second-order valence-electron chi connectivity index (χ2n) is 7.27. The number of guanidine groups is 1. The fraction of sp³-hybridized carbons (Fsp3) is 0.318. The number of halogens is 1. The first-order valence-electron chi connectivity index (χ1n) is 10.1. The molecule has 1 unspecified atom stereocenters. The summed E-state index contributed by atoms with van der Waals surface area (Å²) in [5.41, 5.74) is 19.3. The maximum atomic E-state index is 12.1. The third-order valence-electron chi connectivity index (χ3n) is 4.95. The minimum absolute atomic E-state index is 0.0346. The van der Waals surface area contributed by atoms with Gasteiger partial charge >= 0.3 is 0 Å². The summed E-state index contributed by atoms with van der Waals surface area (Å²) in [7, 11) is 0. The minimum Gasteiger partial charge on any atom is -0.492 e. The van der Waals surface area contributed by atoms with Crippen LogP contribution in [-0.2, 0) is 4.79 Å². The van der Waals surface area contributed by atoms with Gasteiger partial charge in [0.1, 0.15) is 12.4 Å². The van der Waals surface area contributed by atoms with Gasteiger partial charge in [-0.1, -0.05) is 17.7 Å². The Hall–Kier alpha value is -3.10. The van der Waals surface area contributed by atoms with Gasteiger partial charge in [0.05, 0.1) is 23.6 Å². The summed E-state index contributed by atoms with van der Waals surface area (Å²) in [4.78, 5) is 20.6. The molecule has 0 radical (unpaired) electrons. The molecule has 1 aromatic heterocycles. The molecule has 0 fully saturated rings. The zero-order valence-corrected chi connectivity index (χ0v) is 18.2. The van der Waals surface area contributed by atoms with E-state index in [9.17, 15) is 4.79 Å². The molecular weight excluding hydrogens is 416 g/mol. The number of carbonyl (C=O) groups is 1. The van der Waals surface area contributed by atoms with Gasteiger partial charge in [-0.25, -0.2) is 4.98 Å². The first-order valence-corrected chi connectivity index (χ1v) is 10.4. The van der Waals surface area contributed by atoms with Crippen LogP contribution in [0.15, 0.2) is 41.4 Å². The summed E-state index contributed by atoms with van der Waals surface area (Å²) in [5.74, 6) is 0.519. The average Bonchev–Trinajstić information content (AvgIpc) is 2.74. The topological polar surface area (TPSA) is 142 Å². The number of hydrogen-bond donors (Lipinski definition) is 4. The summed E-state index contributed by atoms with van der Waals surface area (Å²) in [6, 6.07) is 10.8. The normalized spacial score (nSPS) is 12.0. The number of benzene rings is 2. The van der Waals surface area contributed by atoms with Crippen LogP contribution in [-0.4, -0.2) is 42.6 Å². The lowest BCUT2D eigenvalue weighted by atomic mass is 10.0. The Bertz CT molecular complexity index is 1110. The Morgan fingerprint density at radius 3 is 2.77 bits per heavy atom. The fourth-order valence-corrected chi connectivity index (χ4v) is 3.48. The van der Waals surface area contributed by atoms with Crippen molar-refractivity contribution in [2.24, 2.45) is 22.2 Å². The smallest absolute Gasteiger partial charge is 0.237 e. The summed E-state index contributed by atoms with van der Waals surface area (Å²) in [6.07, 6.45) is 1.13. The van der Waals surface area contributed by atoms with Gasteiger partial charge in [-0.3, -0.25) is 9.79 Å². The predicted octanol–water partition coefficient (Wildman–Crippen LogP) is 2.23. The van der Waals surface area contributed by atoms with Crippen LogP contribution in [0.25, 0.3) is 21.8 Å². The summed E-state index contributed by atoms with van der Waals surface area (Å²) >= 11 is 6.09. The highest BCUT2D eigenvalue weighted by atomic mass is 35.5. The number of aliphatic imine (C=N–C) groups is 1. The number of ether oxygens (including phenoxy) is 1. The Kier molecular flexibility index (Phi) is 7.49. The van der Waals surface area contributed by atoms with Crippen molar-refractivity contribution in [3.63, 3.8) is 0 Å². The molecular formula is C22H27ClN6O2. The monoisotopic (exact) mass is 442 g/mol. The maximum absolute atomic E-state index is 12.1. The summed E-state index contributed by atoms with van der Waals surface area (Å²) < 4.78 is 5.81. The molecule has 3 rings (SSSR count). The lowest BCUT2D eigenvalue weighted by molar-refractivity contribution is -0.122. The second-order valence-corrected chi connectivity index (χ2v) is 7.71. The molecule has 164 valence electrons. The first-order chi connectivity index (χ1) is 14.8. The van der Waals surface area contributed by atoms with Crippen LogP contribution in [0.2, 0.25) is 5.02 Å². The fourth-order valence-electron chi connectivity index (χ4n) is 3.32. The van der Waals surface area contributed by atoms with Crippen molar-refractivity contribution in [1.82, 2.24) is 10.3 Å². The molecule has 0 aliphatic heterocycles. The number of nitrogens with two attached hydrogens (primary N) is 3. The van der Waals surface area contributed by atoms with Crippen LogP contribution in [0.5, 0.6) is 5.75 Å². The number of fused-ring (bicyclic) bond motifs is 2. The van der Waals surface area contributed by atoms with E-state index in [0.29, 0.717) is 43.3 Å². The molecule has 0 spiro atoms. The molecule has 0 bridgehead atoms. The third-order valence-corrected chi connectivity index (χ3v) is 5.19. The van der Waals surface area contributed by atoms with Crippen molar-refractivity contribution >= 4 is 45.3 Å². The van der Waals surface area contributed by atoms with Crippen LogP contribution in [0, 0.1) is 6.92 Å². The molecule has 0 aliphatic rings. The number of hydrogen-bond acceptors (Lipinski definition) is 5. The maximum Gasteiger partial charge on any atom is 0.237 e. The largest absolute Gasteiger partial charge is 0.492 e. The Balaban J connectivity index is 1.53. The molecule has 1 amide bonds. The van der Waals surface area contributed by atoms with Crippen molar-refractivity contribution in [3.05, 3.63) is 47.0 Å². The lowest BCUT2D eigenvalue weighted by Gasteiger charge is -2.13. The molecule has 7 N–H and O–H groups in total. The van der Waals surface area contributed by atoms with Gasteiger partial charge < -0.3 is 27.3 Å². The molecule has 31 heavy (non-hydrogen) atoms. The van der Waals surface area contributed by atoms with Gasteiger partial charge in [-0.05, 0) is 55.7 Å². The molecule has 0 aliphatic carbocycles. The Morgan fingerprint density at radius 1 is 1.19 bits per heavy atom. The molecule has 2 aromatic carbocycles. The van der Waals surface area contributed by atoms with E-state index in [0.717, 1.165) is 27.4 Å². The van der Waals surface area contributed by atoms with Crippen molar-refractivity contribution < 1.29 is 9.53 Å². The van der Waals surface area contributed by atoms with Gasteiger partial charge in [0, 0.05) is 22.3 Å². The van der Waals surface area contributed by atoms with Gasteiger partial charge in [-0.2, -0.15) is 0 Å². The molecule has 0 saturated heterocycles. The number of nitrogens with zero attached hydrogens (tertiary/aromatic N) is 2.